The smallest absolute Gasteiger partial charge is 0.318 e. The molecule has 5 nitrogen and oxygen atoms in total. The molecule has 2 unspecified atom stereocenters. The Morgan fingerprint density at radius 2 is 2.38 bits per heavy atom. The third kappa shape index (κ3) is 2.47. The van der Waals surface area contributed by atoms with Gasteiger partial charge in [-0.1, -0.05) is 12.0 Å². The summed E-state index contributed by atoms with van der Waals surface area (Å²) in [6.07, 6.45) is 1.20. The maximum absolute atomic E-state index is 9.77. The number of hydrogen-bond acceptors (Lipinski definition) is 5. The zero-order valence-electron chi connectivity index (χ0n) is 9.27. The molecule has 1 N–H and O–H groups in total. The molecular formula is C10H16ClN3O2. The highest BCUT2D eigenvalue weighted by Gasteiger charge is 2.27. The van der Waals surface area contributed by atoms with Gasteiger partial charge in [-0.25, -0.2) is 0 Å². The maximum atomic E-state index is 9.77. The van der Waals surface area contributed by atoms with Gasteiger partial charge in [0.25, 0.3) is 0 Å². The molecule has 1 aromatic rings. The zero-order valence-corrected chi connectivity index (χ0v) is 10.0. The molecule has 90 valence electrons. The summed E-state index contributed by atoms with van der Waals surface area (Å²) in [6, 6.07) is 0.492. The van der Waals surface area contributed by atoms with Crippen LogP contribution in [0, 0.1) is 5.92 Å². The van der Waals surface area contributed by atoms with Gasteiger partial charge in [0.05, 0.1) is 6.10 Å². The normalized spacial score (nSPS) is 26.1. The van der Waals surface area contributed by atoms with Crippen molar-refractivity contribution in [3.63, 3.8) is 0 Å². The molecule has 2 heterocycles. The molecular weight excluding hydrogens is 230 g/mol. The minimum absolute atomic E-state index is 0.322. The number of nitrogens with zero attached hydrogens (tertiary/aromatic N) is 3. The number of alkyl halides is 1. The maximum Gasteiger partial charge on any atom is 0.318 e. The summed E-state index contributed by atoms with van der Waals surface area (Å²) in [7, 11) is 0. The van der Waals surface area contributed by atoms with Crippen molar-refractivity contribution in [2.75, 3.05) is 23.9 Å². The average Bonchev–Trinajstić information content (AvgIpc) is 2.71. The number of hydrogen-bond donors (Lipinski definition) is 1. The number of piperidine rings is 1. The highest BCUT2D eigenvalue weighted by atomic mass is 35.5. The fourth-order valence-electron chi connectivity index (χ4n) is 1.78. The van der Waals surface area contributed by atoms with Crippen LogP contribution in [0.2, 0.25) is 0 Å². The summed E-state index contributed by atoms with van der Waals surface area (Å²) in [5.74, 6) is 1.36. The molecule has 1 fully saturated rings. The van der Waals surface area contributed by atoms with Crippen LogP contribution in [0.3, 0.4) is 0 Å². The van der Waals surface area contributed by atoms with Gasteiger partial charge in [-0.2, -0.15) is 0 Å². The van der Waals surface area contributed by atoms with Crippen LogP contribution in [0.5, 0.6) is 0 Å². The van der Waals surface area contributed by atoms with Crippen LogP contribution >= 0.6 is 11.6 Å². The average molecular weight is 246 g/mol. The molecule has 0 aliphatic carbocycles. The topological polar surface area (TPSA) is 62.4 Å². The number of anilines is 1. The van der Waals surface area contributed by atoms with E-state index in [0.29, 0.717) is 36.7 Å². The SMILES string of the molecule is CC1CCN(c2nnc(CCCl)o2)CC1O. The summed E-state index contributed by atoms with van der Waals surface area (Å²) in [5, 5.41) is 17.6. The highest BCUT2D eigenvalue weighted by molar-refractivity contribution is 6.17. The van der Waals surface area contributed by atoms with Crippen LogP contribution in [0.25, 0.3) is 0 Å². The Morgan fingerprint density at radius 1 is 1.56 bits per heavy atom. The predicted octanol–water partition coefficient (Wildman–Crippen LogP) is 1.06. The lowest BCUT2D eigenvalue weighted by molar-refractivity contribution is 0.101. The van der Waals surface area contributed by atoms with Crippen LogP contribution in [-0.4, -0.2) is 40.4 Å². The standard InChI is InChI=1S/C10H16ClN3O2/c1-7-3-5-14(6-8(7)15)10-13-12-9(16-10)2-4-11/h7-8,15H,2-6H2,1H3. The predicted molar refractivity (Wildman–Crippen MR) is 60.7 cm³/mol. The van der Waals surface area contributed by atoms with Crippen molar-refractivity contribution < 1.29 is 9.52 Å². The first kappa shape index (κ1) is 11.7. The third-order valence-electron chi connectivity index (χ3n) is 2.95. The lowest BCUT2D eigenvalue weighted by atomic mass is 9.96. The van der Waals surface area contributed by atoms with Crippen molar-refractivity contribution in [3.05, 3.63) is 5.89 Å². The van der Waals surface area contributed by atoms with E-state index in [0.717, 1.165) is 13.0 Å². The van der Waals surface area contributed by atoms with Gasteiger partial charge in [0.1, 0.15) is 0 Å². The Hall–Kier alpha value is -0.810. The zero-order chi connectivity index (χ0) is 11.5. The van der Waals surface area contributed by atoms with Gasteiger partial charge < -0.3 is 14.4 Å². The van der Waals surface area contributed by atoms with E-state index in [1.165, 1.54) is 0 Å². The van der Waals surface area contributed by atoms with Crippen molar-refractivity contribution in [2.24, 2.45) is 5.92 Å². The van der Waals surface area contributed by atoms with Gasteiger partial charge in [-0.05, 0) is 12.3 Å². The van der Waals surface area contributed by atoms with Gasteiger partial charge in [-0.3, -0.25) is 0 Å². The van der Waals surface area contributed by atoms with E-state index in [9.17, 15) is 5.11 Å². The quantitative estimate of drug-likeness (QED) is 0.807. The lowest BCUT2D eigenvalue weighted by Crippen LogP contribution is -2.43. The number of aromatic nitrogens is 2. The lowest BCUT2D eigenvalue weighted by Gasteiger charge is -2.32. The molecule has 0 radical (unpaired) electrons. The number of aryl methyl sites for hydroxylation is 1. The molecule has 1 aliphatic rings. The van der Waals surface area contributed by atoms with Crippen LogP contribution in [0.15, 0.2) is 4.42 Å². The molecule has 6 heteroatoms. The molecule has 2 rings (SSSR count). The van der Waals surface area contributed by atoms with Crippen LogP contribution < -0.4 is 4.90 Å². The van der Waals surface area contributed by atoms with Crippen molar-refractivity contribution in [2.45, 2.75) is 25.9 Å². The first-order chi connectivity index (χ1) is 7.70. The molecule has 2 atom stereocenters. The van der Waals surface area contributed by atoms with Crippen molar-refractivity contribution >= 4 is 17.6 Å². The number of aliphatic hydroxyl groups is 1. The summed E-state index contributed by atoms with van der Waals surface area (Å²) < 4.78 is 5.46. The molecule has 16 heavy (non-hydrogen) atoms. The Morgan fingerprint density at radius 3 is 3.06 bits per heavy atom. The largest absolute Gasteiger partial charge is 0.408 e. The van der Waals surface area contributed by atoms with E-state index in [4.69, 9.17) is 16.0 Å². The molecule has 1 saturated heterocycles. The Kier molecular flexibility index (Phi) is 3.66. The second kappa shape index (κ2) is 5.01. The van der Waals surface area contributed by atoms with Crippen molar-refractivity contribution in [1.29, 1.82) is 0 Å². The second-order valence-electron chi connectivity index (χ2n) is 4.20. The molecule has 0 aromatic carbocycles. The third-order valence-corrected chi connectivity index (χ3v) is 3.14. The number of rotatable bonds is 3. The monoisotopic (exact) mass is 245 g/mol. The fraction of sp³-hybridized carbons (Fsp3) is 0.800. The molecule has 0 bridgehead atoms. The molecule has 0 saturated carbocycles. The Bertz CT molecular complexity index is 345. The van der Waals surface area contributed by atoms with E-state index in [-0.39, 0.29) is 6.10 Å². The fourth-order valence-corrected chi connectivity index (χ4v) is 1.94. The van der Waals surface area contributed by atoms with Crippen LogP contribution in [-0.2, 0) is 6.42 Å². The van der Waals surface area contributed by atoms with Crippen LogP contribution in [0.1, 0.15) is 19.2 Å². The molecule has 1 aliphatic heterocycles. The van der Waals surface area contributed by atoms with Gasteiger partial charge in [0, 0.05) is 25.4 Å². The van der Waals surface area contributed by atoms with Crippen molar-refractivity contribution in [3.8, 4) is 0 Å². The molecule has 0 amide bonds. The molecule has 1 aromatic heterocycles. The first-order valence-corrected chi connectivity index (χ1v) is 6.05. The van der Waals surface area contributed by atoms with Gasteiger partial charge in [0.2, 0.25) is 5.89 Å². The van der Waals surface area contributed by atoms with E-state index in [2.05, 4.69) is 17.1 Å². The van der Waals surface area contributed by atoms with Crippen molar-refractivity contribution in [1.82, 2.24) is 10.2 Å². The van der Waals surface area contributed by atoms with E-state index >= 15 is 0 Å². The van der Waals surface area contributed by atoms with E-state index in [1.54, 1.807) is 0 Å². The minimum Gasteiger partial charge on any atom is -0.408 e. The van der Waals surface area contributed by atoms with E-state index < -0.39 is 0 Å². The summed E-state index contributed by atoms with van der Waals surface area (Å²) >= 11 is 5.59. The molecule has 0 spiro atoms. The number of halogens is 1. The highest BCUT2D eigenvalue weighted by Crippen LogP contribution is 2.22. The van der Waals surface area contributed by atoms with Gasteiger partial charge >= 0.3 is 6.01 Å². The second-order valence-corrected chi connectivity index (χ2v) is 4.57. The first-order valence-electron chi connectivity index (χ1n) is 5.52. The minimum atomic E-state index is -0.322. The van der Waals surface area contributed by atoms with Gasteiger partial charge in [0.15, 0.2) is 0 Å². The van der Waals surface area contributed by atoms with E-state index in [1.807, 2.05) is 4.90 Å². The summed E-state index contributed by atoms with van der Waals surface area (Å²) in [4.78, 5) is 1.93. The number of β-amino-alcohol motifs (C(OH)–C–C–N with tert-alkyl or cyclic N) is 1. The van der Waals surface area contributed by atoms with Gasteiger partial charge in [-0.15, -0.1) is 16.7 Å². The Labute approximate surface area is 99.4 Å². The summed E-state index contributed by atoms with van der Waals surface area (Å²) in [6.45, 7) is 3.46. The Balaban J connectivity index is 2.01. The number of aliphatic hydroxyl groups excluding tert-OH is 1. The van der Waals surface area contributed by atoms with Crippen LogP contribution in [0.4, 0.5) is 6.01 Å². The summed E-state index contributed by atoms with van der Waals surface area (Å²) in [5.41, 5.74) is 0.